The molecule has 0 aromatic carbocycles. The van der Waals surface area contributed by atoms with Crippen LogP contribution in [0.5, 0.6) is 5.75 Å². The van der Waals surface area contributed by atoms with E-state index in [4.69, 9.17) is 4.74 Å². The molecule has 2 bridgehead atoms. The van der Waals surface area contributed by atoms with Crippen molar-refractivity contribution in [2.45, 2.75) is 18.6 Å². The number of nitrogens with zero attached hydrogens (tertiary/aromatic N) is 4. The Labute approximate surface area is 175 Å². The summed E-state index contributed by atoms with van der Waals surface area (Å²) < 4.78 is 42.9. The molecule has 4 heterocycles. The van der Waals surface area contributed by atoms with Crippen LogP contribution in [0.15, 0.2) is 30.5 Å². The number of urea groups is 1. The van der Waals surface area contributed by atoms with Gasteiger partial charge in [0.1, 0.15) is 29.5 Å². The van der Waals surface area contributed by atoms with Gasteiger partial charge < -0.3 is 15.0 Å². The van der Waals surface area contributed by atoms with E-state index in [0.717, 1.165) is 0 Å². The monoisotopic (exact) mass is 436 g/mol. The highest BCUT2D eigenvalue weighted by atomic mass is 19.4. The van der Waals surface area contributed by atoms with Crippen LogP contribution in [0.2, 0.25) is 0 Å². The van der Waals surface area contributed by atoms with E-state index in [1.165, 1.54) is 24.3 Å². The van der Waals surface area contributed by atoms with Crippen molar-refractivity contribution in [1.29, 1.82) is 0 Å². The number of fused-ring (bicyclic) bond motifs is 4. The fourth-order valence-corrected chi connectivity index (χ4v) is 3.71. The molecule has 1 fully saturated rings. The van der Waals surface area contributed by atoms with Crippen LogP contribution in [0.3, 0.4) is 0 Å². The molecule has 31 heavy (non-hydrogen) atoms. The van der Waals surface area contributed by atoms with Gasteiger partial charge >= 0.3 is 12.2 Å². The molecule has 2 aromatic rings. The molecule has 2 aliphatic heterocycles. The minimum absolute atomic E-state index is 0.152. The standard InChI is InChI=1S/C19H19F3N6O3/c1-31-13-8-12(17(29)24-10-19(20,21)22)25-16-15(13)27-7-5-11(9-27)28(16)18(30)26-14-4-2-3-6-23-14/h2-4,6,8,11H,5,7,9-10H2,1H3,(H,24,29)(H,23,26,30)/t11-/m0/s1. The van der Waals surface area contributed by atoms with E-state index >= 15 is 0 Å². The summed E-state index contributed by atoms with van der Waals surface area (Å²) >= 11 is 0. The lowest BCUT2D eigenvalue weighted by molar-refractivity contribution is -0.123. The Balaban J connectivity index is 1.70. The maximum absolute atomic E-state index is 13.1. The SMILES string of the molecule is COc1cc(C(=O)NCC(F)(F)F)nc2c1N1CC[C@@H](C1)N2C(=O)Nc1ccccn1. The van der Waals surface area contributed by atoms with Gasteiger partial charge in [0.25, 0.3) is 5.91 Å². The van der Waals surface area contributed by atoms with Gasteiger partial charge in [-0.25, -0.2) is 14.8 Å². The maximum Gasteiger partial charge on any atom is 0.405 e. The number of amides is 3. The number of anilines is 3. The molecule has 4 rings (SSSR count). The fraction of sp³-hybridized carbons (Fsp3) is 0.368. The molecule has 0 unspecified atom stereocenters. The van der Waals surface area contributed by atoms with E-state index < -0.39 is 24.7 Å². The lowest BCUT2D eigenvalue weighted by Gasteiger charge is -2.36. The minimum atomic E-state index is -4.56. The highest BCUT2D eigenvalue weighted by Crippen LogP contribution is 2.45. The van der Waals surface area contributed by atoms with Crippen molar-refractivity contribution in [3.05, 3.63) is 36.2 Å². The molecule has 12 heteroatoms. The Hall–Kier alpha value is -3.57. The summed E-state index contributed by atoms with van der Waals surface area (Å²) in [6.07, 6.45) is -2.38. The second kappa shape index (κ2) is 7.93. The van der Waals surface area contributed by atoms with E-state index in [0.29, 0.717) is 31.0 Å². The predicted molar refractivity (Wildman–Crippen MR) is 106 cm³/mol. The Bertz CT molecular complexity index is 1000. The van der Waals surface area contributed by atoms with Crippen molar-refractivity contribution in [3.8, 4) is 5.75 Å². The normalized spacial score (nSPS) is 17.2. The minimum Gasteiger partial charge on any atom is -0.494 e. The maximum atomic E-state index is 13.1. The first-order chi connectivity index (χ1) is 14.8. The fourth-order valence-electron chi connectivity index (χ4n) is 3.71. The highest BCUT2D eigenvalue weighted by molar-refractivity contribution is 6.05. The molecule has 0 spiro atoms. The van der Waals surface area contributed by atoms with Crippen LogP contribution in [0, 0.1) is 0 Å². The molecule has 2 aliphatic rings. The third kappa shape index (κ3) is 4.18. The largest absolute Gasteiger partial charge is 0.494 e. The zero-order valence-electron chi connectivity index (χ0n) is 16.4. The molecule has 2 aromatic heterocycles. The molecule has 1 saturated heterocycles. The van der Waals surface area contributed by atoms with E-state index in [2.05, 4.69) is 15.3 Å². The Morgan fingerprint density at radius 3 is 2.81 bits per heavy atom. The number of alkyl halides is 3. The number of rotatable bonds is 4. The number of nitrogens with one attached hydrogen (secondary N) is 2. The highest BCUT2D eigenvalue weighted by Gasteiger charge is 2.42. The van der Waals surface area contributed by atoms with E-state index in [1.54, 1.807) is 23.5 Å². The zero-order chi connectivity index (χ0) is 22.2. The van der Waals surface area contributed by atoms with Gasteiger partial charge in [-0.15, -0.1) is 0 Å². The molecular formula is C19H19F3N6O3. The molecule has 9 nitrogen and oxygen atoms in total. The molecule has 2 N–H and O–H groups in total. The van der Waals surface area contributed by atoms with Crippen molar-refractivity contribution in [2.24, 2.45) is 0 Å². The van der Waals surface area contributed by atoms with Crippen molar-refractivity contribution in [3.63, 3.8) is 0 Å². The summed E-state index contributed by atoms with van der Waals surface area (Å²) in [6.45, 7) is -0.311. The average molecular weight is 436 g/mol. The Kier molecular flexibility index (Phi) is 5.29. The summed E-state index contributed by atoms with van der Waals surface area (Å²) in [5.41, 5.74) is 0.234. The van der Waals surface area contributed by atoms with Crippen LogP contribution >= 0.6 is 0 Å². The van der Waals surface area contributed by atoms with Crippen molar-refractivity contribution in [2.75, 3.05) is 41.9 Å². The van der Waals surface area contributed by atoms with Gasteiger partial charge in [0.15, 0.2) is 5.82 Å². The first kappa shape index (κ1) is 20.7. The lowest BCUT2D eigenvalue weighted by atomic mass is 10.1. The quantitative estimate of drug-likeness (QED) is 0.764. The average Bonchev–Trinajstić information content (AvgIpc) is 3.15. The second-order valence-corrected chi connectivity index (χ2v) is 7.08. The van der Waals surface area contributed by atoms with Gasteiger partial charge in [0.2, 0.25) is 0 Å². The molecule has 0 saturated carbocycles. The Morgan fingerprint density at radius 2 is 2.13 bits per heavy atom. The smallest absolute Gasteiger partial charge is 0.405 e. The van der Waals surface area contributed by atoms with Crippen LogP contribution < -0.4 is 25.2 Å². The number of carbonyl (C=O) groups is 2. The summed E-state index contributed by atoms with van der Waals surface area (Å²) in [7, 11) is 1.38. The topological polar surface area (TPSA) is 99.7 Å². The second-order valence-electron chi connectivity index (χ2n) is 7.08. The number of halogens is 3. The number of hydrogen-bond donors (Lipinski definition) is 2. The molecule has 0 aliphatic carbocycles. The van der Waals surface area contributed by atoms with E-state index in [9.17, 15) is 22.8 Å². The van der Waals surface area contributed by atoms with Gasteiger partial charge in [-0.05, 0) is 18.6 Å². The molecular weight excluding hydrogens is 417 g/mol. The van der Waals surface area contributed by atoms with Crippen LogP contribution in [-0.4, -0.2) is 60.9 Å². The van der Waals surface area contributed by atoms with Crippen LogP contribution in [0.4, 0.5) is 35.3 Å². The van der Waals surface area contributed by atoms with Crippen LogP contribution in [0.1, 0.15) is 16.9 Å². The summed E-state index contributed by atoms with van der Waals surface area (Å²) in [6, 6.07) is 5.60. The summed E-state index contributed by atoms with van der Waals surface area (Å²) in [5, 5.41) is 4.49. The number of hydrogen-bond acceptors (Lipinski definition) is 6. The van der Waals surface area contributed by atoms with Crippen molar-refractivity contribution in [1.82, 2.24) is 15.3 Å². The van der Waals surface area contributed by atoms with Gasteiger partial charge in [-0.2, -0.15) is 13.2 Å². The lowest BCUT2D eigenvalue weighted by Crippen LogP contribution is -2.48. The van der Waals surface area contributed by atoms with Gasteiger partial charge in [0.05, 0.1) is 13.2 Å². The number of aromatic nitrogens is 2. The zero-order valence-corrected chi connectivity index (χ0v) is 16.4. The van der Waals surface area contributed by atoms with Gasteiger partial charge in [0, 0.05) is 25.4 Å². The van der Waals surface area contributed by atoms with Crippen LogP contribution in [-0.2, 0) is 0 Å². The van der Waals surface area contributed by atoms with Crippen LogP contribution in [0.25, 0.3) is 0 Å². The first-order valence-electron chi connectivity index (χ1n) is 9.47. The third-order valence-corrected chi connectivity index (χ3v) is 5.03. The van der Waals surface area contributed by atoms with E-state index in [1.807, 2.05) is 4.90 Å². The van der Waals surface area contributed by atoms with E-state index in [-0.39, 0.29) is 23.3 Å². The number of methoxy groups -OCH3 is 1. The number of ether oxygens (including phenoxy) is 1. The third-order valence-electron chi connectivity index (χ3n) is 5.03. The molecule has 1 atom stereocenters. The molecule has 3 amide bonds. The van der Waals surface area contributed by atoms with Gasteiger partial charge in [-0.1, -0.05) is 6.07 Å². The first-order valence-corrected chi connectivity index (χ1v) is 9.47. The summed E-state index contributed by atoms with van der Waals surface area (Å²) in [5.74, 6) is -0.284. The van der Waals surface area contributed by atoms with Crippen molar-refractivity contribution < 1.29 is 27.5 Å². The molecule has 0 radical (unpaired) electrons. The predicted octanol–water partition coefficient (Wildman–Crippen LogP) is 2.41. The van der Waals surface area contributed by atoms with Crippen molar-refractivity contribution >= 4 is 29.3 Å². The number of carbonyl (C=O) groups excluding carboxylic acids is 2. The molecule has 164 valence electrons. The van der Waals surface area contributed by atoms with Gasteiger partial charge in [-0.3, -0.25) is 15.0 Å². The Morgan fingerprint density at radius 1 is 1.32 bits per heavy atom. The summed E-state index contributed by atoms with van der Waals surface area (Å²) in [4.78, 5) is 37.1. The number of pyridine rings is 2.